The van der Waals surface area contributed by atoms with Crippen molar-refractivity contribution in [1.82, 2.24) is 4.90 Å². The van der Waals surface area contributed by atoms with E-state index in [1.165, 1.54) is 6.07 Å². The molecule has 1 atom stereocenters. The van der Waals surface area contributed by atoms with Gasteiger partial charge in [0.05, 0.1) is 16.8 Å². The van der Waals surface area contributed by atoms with Crippen molar-refractivity contribution in [3.63, 3.8) is 0 Å². The Balaban J connectivity index is 1.78. The van der Waals surface area contributed by atoms with Gasteiger partial charge in [0.25, 0.3) is 0 Å². The lowest BCUT2D eigenvalue weighted by Crippen LogP contribution is -2.39. The minimum atomic E-state index is -0.235. The van der Waals surface area contributed by atoms with Gasteiger partial charge in [0, 0.05) is 25.3 Å². The van der Waals surface area contributed by atoms with Gasteiger partial charge in [-0.15, -0.1) is 0 Å². The van der Waals surface area contributed by atoms with Crippen LogP contribution >= 0.6 is 23.8 Å². The Morgan fingerprint density at radius 1 is 1.31 bits per heavy atom. The van der Waals surface area contributed by atoms with Crippen LogP contribution in [0, 0.1) is 12.7 Å². The quantitative estimate of drug-likeness (QED) is 0.710. The van der Waals surface area contributed by atoms with Gasteiger partial charge in [-0.1, -0.05) is 41.9 Å². The summed E-state index contributed by atoms with van der Waals surface area (Å²) >= 11 is 12.0. The Labute approximate surface area is 164 Å². The Morgan fingerprint density at radius 2 is 2.12 bits per heavy atom. The van der Waals surface area contributed by atoms with Gasteiger partial charge in [0.2, 0.25) is 0 Å². The molecule has 1 N–H and O–H groups in total. The molecule has 1 saturated heterocycles. The van der Waals surface area contributed by atoms with Gasteiger partial charge in [0.1, 0.15) is 5.82 Å². The first-order valence-corrected chi connectivity index (χ1v) is 9.49. The number of benzene rings is 2. The van der Waals surface area contributed by atoms with Crippen LogP contribution in [0.15, 0.2) is 42.5 Å². The molecule has 1 heterocycles. The van der Waals surface area contributed by atoms with Crippen LogP contribution < -0.4 is 5.32 Å². The molecule has 3 nitrogen and oxygen atoms in total. The van der Waals surface area contributed by atoms with Crippen molar-refractivity contribution in [3.8, 4) is 0 Å². The van der Waals surface area contributed by atoms with Crippen LogP contribution in [0.3, 0.4) is 0 Å². The summed E-state index contributed by atoms with van der Waals surface area (Å²) in [6, 6.07) is 12.5. The zero-order chi connectivity index (χ0) is 18.5. The van der Waals surface area contributed by atoms with Crippen molar-refractivity contribution in [2.24, 2.45) is 0 Å². The van der Waals surface area contributed by atoms with Crippen LogP contribution in [0.25, 0.3) is 0 Å². The van der Waals surface area contributed by atoms with Crippen LogP contribution in [0.2, 0.25) is 5.02 Å². The Bertz CT molecular complexity index is 780. The van der Waals surface area contributed by atoms with E-state index in [-0.39, 0.29) is 11.9 Å². The van der Waals surface area contributed by atoms with Gasteiger partial charge < -0.3 is 15.0 Å². The second-order valence-electron chi connectivity index (χ2n) is 6.47. The smallest absolute Gasteiger partial charge is 0.173 e. The maximum atomic E-state index is 14.1. The molecule has 6 heteroatoms. The highest BCUT2D eigenvalue weighted by atomic mass is 35.5. The zero-order valence-corrected chi connectivity index (χ0v) is 16.2. The summed E-state index contributed by atoms with van der Waals surface area (Å²) in [5, 5.41) is 4.36. The second-order valence-corrected chi connectivity index (χ2v) is 7.24. The fraction of sp³-hybridized carbons (Fsp3) is 0.350. The lowest BCUT2D eigenvalue weighted by molar-refractivity contribution is 0.0903. The number of nitrogens with zero attached hydrogens (tertiary/aromatic N) is 1. The molecule has 0 radical (unpaired) electrons. The Hall–Kier alpha value is -1.69. The average Bonchev–Trinajstić information content (AvgIpc) is 3.13. The summed E-state index contributed by atoms with van der Waals surface area (Å²) in [7, 11) is 0. The van der Waals surface area contributed by atoms with E-state index in [4.69, 9.17) is 28.6 Å². The predicted octanol–water partition coefficient (Wildman–Crippen LogP) is 5.17. The monoisotopic (exact) mass is 392 g/mol. The maximum absolute atomic E-state index is 14.1. The van der Waals surface area contributed by atoms with Crippen LogP contribution in [-0.2, 0) is 11.3 Å². The van der Waals surface area contributed by atoms with Crippen LogP contribution in [-0.4, -0.2) is 29.3 Å². The van der Waals surface area contributed by atoms with Crippen molar-refractivity contribution in [2.45, 2.75) is 32.4 Å². The van der Waals surface area contributed by atoms with E-state index in [1.54, 1.807) is 12.1 Å². The van der Waals surface area contributed by atoms with Gasteiger partial charge in [-0.05, 0) is 49.7 Å². The Kier molecular flexibility index (Phi) is 6.46. The summed E-state index contributed by atoms with van der Waals surface area (Å²) in [4.78, 5) is 1.95. The van der Waals surface area contributed by atoms with Crippen LogP contribution in [0.5, 0.6) is 0 Å². The number of thiocarbonyl (C=S) groups is 1. The number of hydrogen-bond acceptors (Lipinski definition) is 2. The van der Waals surface area contributed by atoms with Crippen LogP contribution in [0.1, 0.15) is 24.0 Å². The van der Waals surface area contributed by atoms with E-state index in [0.29, 0.717) is 28.8 Å². The van der Waals surface area contributed by atoms with E-state index in [2.05, 4.69) is 5.32 Å². The molecule has 0 saturated carbocycles. The lowest BCUT2D eigenvalue weighted by Gasteiger charge is -2.29. The van der Waals surface area contributed by atoms with E-state index < -0.39 is 0 Å². The average molecular weight is 393 g/mol. The molecule has 2 aromatic carbocycles. The van der Waals surface area contributed by atoms with Crippen molar-refractivity contribution < 1.29 is 9.13 Å². The number of halogens is 2. The SMILES string of the molecule is Cc1cccc(NC(=S)N(Cc2ccccc2F)CC2CCCO2)c1Cl. The molecule has 138 valence electrons. The van der Waals surface area contributed by atoms with Gasteiger partial charge in [-0.3, -0.25) is 0 Å². The van der Waals surface area contributed by atoms with Gasteiger partial charge in [0.15, 0.2) is 5.11 Å². The molecule has 0 aromatic heterocycles. The van der Waals surface area contributed by atoms with Gasteiger partial charge in [-0.2, -0.15) is 0 Å². The number of hydrogen-bond donors (Lipinski definition) is 1. The minimum absolute atomic E-state index is 0.106. The first-order chi connectivity index (χ1) is 12.5. The molecular formula is C20H22ClFN2OS. The van der Waals surface area contributed by atoms with E-state index in [1.807, 2.05) is 36.1 Å². The molecule has 1 fully saturated rings. The highest BCUT2D eigenvalue weighted by Gasteiger charge is 2.22. The third-order valence-corrected chi connectivity index (χ3v) is 5.35. The number of aryl methyl sites for hydroxylation is 1. The van der Waals surface area contributed by atoms with E-state index >= 15 is 0 Å². The minimum Gasteiger partial charge on any atom is -0.376 e. The molecule has 1 aliphatic rings. The number of ether oxygens (including phenoxy) is 1. The second kappa shape index (κ2) is 8.80. The molecule has 1 unspecified atom stereocenters. The normalized spacial score (nSPS) is 16.5. The largest absolute Gasteiger partial charge is 0.376 e. The number of rotatable bonds is 5. The summed E-state index contributed by atoms with van der Waals surface area (Å²) < 4.78 is 19.9. The van der Waals surface area contributed by atoms with Crippen molar-refractivity contribution in [1.29, 1.82) is 0 Å². The van der Waals surface area contributed by atoms with Gasteiger partial charge >= 0.3 is 0 Å². The first-order valence-electron chi connectivity index (χ1n) is 8.70. The molecular weight excluding hydrogens is 371 g/mol. The summed E-state index contributed by atoms with van der Waals surface area (Å²) in [5.41, 5.74) is 2.33. The molecule has 0 amide bonds. The maximum Gasteiger partial charge on any atom is 0.173 e. The van der Waals surface area contributed by atoms with E-state index in [0.717, 1.165) is 30.7 Å². The molecule has 1 aliphatic heterocycles. The topological polar surface area (TPSA) is 24.5 Å². The highest BCUT2D eigenvalue weighted by molar-refractivity contribution is 7.80. The first kappa shape index (κ1) is 19.1. The third kappa shape index (κ3) is 4.72. The molecule has 26 heavy (non-hydrogen) atoms. The standard InChI is InChI=1S/C20H22ClFN2OS/c1-14-6-4-10-18(19(14)21)23-20(26)24(13-16-8-5-11-25-16)12-15-7-2-3-9-17(15)22/h2-4,6-7,9-10,16H,5,8,11-13H2,1H3,(H,23,26). The highest BCUT2D eigenvalue weighted by Crippen LogP contribution is 2.26. The van der Waals surface area contributed by atoms with Crippen molar-refractivity contribution in [3.05, 3.63) is 64.4 Å². The molecule has 2 aromatic rings. The van der Waals surface area contributed by atoms with Crippen molar-refractivity contribution in [2.75, 3.05) is 18.5 Å². The van der Waals surface area contributed by atoms with Crippen LogP contribution in [0.4, 0.5) is 10.1 Å². The summed E-state index contributed by atoms with van der Waals surface area (Å²) in [5.74, 6) is -0.235. The molecule has 0 bridgehead atoms. The number of anilines is 1. The molecule has 0 aliphatic carbocycles. The molecule has 3 rings (SSSR count). The predicted molar refractivity (Wildman–Crippen MR) is 108 cm³/mol. The van der Waals surface area contributed by atoms with Crippen molar-refractivity contribution >= 4 is 34.6 Å². The summed E-state index contributed by atoms with van der Waals surface area (Å²) in [6.45, 7) is 3.70. The lowest BCUT2D eigenvalue weighted by atomic mass is 10.1. The zero-order valence-electron chi connectivity index (χ0n) is 14.7. The summed E-state index contributed by atoms with van der Waals surface area (Å²) in [6.07, 6.45) is 2.14. The van der Waals surface area contributed by atoms with Gasteiger partial charge in [-0.25, -0.2) is 4.39 Å². The fourth-order valence-corrected chi connectivity index (χ4v) is 3.45. The third-order valence-electron chi connectivity index (χ3n) is 4.49. The van der Waals surface area contributed by atoms with E-state index in [9.17, 15) is 4.39 Å². The molecule has 0 spiro atoms. The Morgan fingerprint density at radius 3 is 2.85 bits per heavy atom. The number of nitrogens with one attached hydrogen (secondary N) is 1. The fourth-order valence-electron chi connectivity index (χ4n) is 3.02.